The molecule has 0 saturated carbocycles. The molecule has 20 heavy (non-hydrogen) atoms. The maximum atomic E-state index is 9.40. The lowest BCUT2D eigenvalue weighted by molar-refractivity contribution is 0.401. The number of halogens is 1. The van der Waals surface area contributed by atoms with Gasteiger partial charge in [0.2, 0.25) is 0 Å². The second kappa shape index (κ2) is 6.64. The first-order valence-electron chi connectivity index (χ1n) is 6.45. The zero-order valence-electron chi connectivity index (χ0n) is 11.6. The number of aromatic hydroxyl groups is 1. The third-order valence-corrected chi connectivity index (χ3v) is 3.53. The third kappa shape index (κ3) is 3.44. The first kappa shape index (κ1) is 14.7. The number of benzene rings is 2. The predicted octanol–water partition coefficient (Wildman–Crippen LogP) is 3.91. The van der Waals surface area contributed by atoms with E-state index >= 15 is 0 Å². The Morgan fingerprint density at radius 3 is 2.70 bits per heavy atom. The second-order valence-corrected chi connectivity index (χ2v) is 5.04. The van der Waals surface area contributed by atoms with Crippen molar-refractivity contribution in [2.75, 3.05) is 7.11 Å². The largest absolute Gasteiger partial charge is 0.506 e. The zero-order chi connectivity index (χ0) is 14.5. The Labute approximate surface area is 124 Å². The lowest BCUT2D eigenvalue weighted by atomic mass is 10.1. The normalized spacial score (nSPS) is 12.2. The van der Waals surface area contributed by atoms with Gasteiger partial charge < -0.3 is 15.2 Å². The van der Waals surface area contributed by atoms with Crippen molar-refractivity contribution in [2.45, 2.75) is 19.5 Å². The Kier molecular flexibility index (Phi) is 4.88. The quantitative estimate of drug-likeness (QED) is 0.878. The molecular formula is C16H18ClNO2. The molecule has 0 fully saturated rings. The molecule has 0 aliphatic heterocycles. The van der Waals surface area contributed by atoms with E-state index in [0.717, 1.165) is 16.9 Å². The van der Waals surface area contributed by atoms with E-state index < -0.39 is 0 Å². The highest BCUT2D eigenvalue weighted by atomic mass is 35.5. The molecule has 0 aromatic heterocycles. The average molecular weight is 292 g/mol. The minimum Gasteiger partial charge on any atom is -0.506 e. The molecule has 0 aliphatic rings. The monoisotopic (exact) mass is 291 g/mol. The summed E-state index contributed by atoms with van der Waals surface area (Å²) in [6.07, 6.45) is 0. The van der Waals surface area contributed by atoms with Crippen LogP contribution in [-0.2, 0) is 6.54 Å². The van der Waals surface area contributed by atoms with E-state index in [0.29, 0.717) is 11.6 Å². The Hall–Kier alpha value is -1.71. The summed E-state index contributed by atoms with van der Waals surface area (Å²) in [5, 5.41) is 13.2. The summed E-state index contributed by atoms with van der Waals surface area (Å²) in [6, 6.07) is 13.3. The molecule has 0 amide bonds. The van der Waals surface area contributed by atoms with E-state index in [2.05, 4.69) is 12.2 Å². The molecule has 3 nitrogen and oxygen atoms in total. The highest BCUT2D eigenvalue weighted by molar-refractivity contribution is 6.32. The molecule has 4 heteroatoms. The first-order valence-corrected chi connectivity index (χ1v) is 6.83. The van der Waals surface area contributed by atoms with Crippen LogP contribution in [0.25, 0.3) is 0 Å². The van der Waals surface area contributed by atoms with Crippen molar-refractivity contribution in [1.82, 2.24) is 5.32 Å². The molecular weight excluding hydrogens is 274 g/mol. The van der Waals surface area contributed by atoms with E-state index in [9.17, 15) is 5.11 Å². The van der Waals surface area contributed by atoms with Crippen molar-refractivity contribution >= 4 is 11.6 Å². The van der Waals surface area contributed by atoms with Crippen LogP contribution >= 0.6 is 11.6 Å². The molecule has 2 N–H and O–H groups in total. The average Bonchev–Trinajstić information content (AvgIpc) is 2.48. The topological polar surface area (TPSA) is 41.5 Å². The van der Waals surface area contributed by atoms with Gasteiger partial charge in [-0.15, -0.1) is 0 Å². The summed E-state index contributed by atoms with van der Waals surface area (Å²) in [5.41, 5.74) is 2.13. The van der Waals surface area contributed by atoms with Crippen LogP contribution < -0.4 is 10.1 Å². The highest BCUT2D eigenvalue weighted by Crippen LogP contribution is 2.26. The molecule has 0 spiro atoms. The van der Waals surface area contributed by atoms with Crippen molar-refractivity contribution in [3.05, 3.63) is 58.6 Å². The van der Waals surface area contributed by atoms with Crippen LogP contribution in [0.15, 0.2) is 42.5 Å². The Morgan fingerprint density at radius 1 is 1.25 bits per heavy atom. The van der Waals surface area contributed by atoms with Crippen LogP contribution in [0, 0.1) is 0 Å². The molecule has 0 heterocycles. The number of methoxy groups -OCH3 is 1. The number of rotatable bonds is 5. The molecule has 0 aliphatic carbocycles. The van der Waals surface area contributed by atoms with E-state index in [1.165, 1.54) is 0 Å². The Morgan fingerprint density at radius 2 is 2.00 bits per heavy atom. The standard InChI is InChI=1S/C16H18ClNO2/c1-11(13-5-3-4-6-16(13)20-2)18-10-12-7-8-15(19)14(17)9-12/h3-9,11,18-19H,10H2,1-2H3. The summed E-state index contributed by atoms with van der Waals surface area (Å²) in [5.74, 6) is 0.976. The van der Waals surface area contributed by atoms with Gasteiger partial charge in [-0.3, -0.25) is 0 Å². The molecule has 0 saturated heterocycles. The number of nitrogens with one attached hydrogen (secondary N) is 1. The van der Waals surface area contributed by atoms with Crippen molar-refractivity contribution < 1.29 is 9.84 Å². The molecule has 1 unspecified atom stereocenters. The molecule has 0 radical (unpaired) electrons. The Bertz CT molecular complexity index is 586. The van der Waals surface area contributed by atoms with Gasteiger partial charge in [-0.25, -0.2) is 0 Å². The molecule has 2 rings (SSSR count). The fourth-order valence-corrected chi connectivity index (χ4v) is 2.27. The Balaban J connectivity index is 2.04. The molecule has 106 valence electrons. The van der Waals surface area contributed by atoms with Crippen LogP contribution in [0.2, 0.25) is 5.02 Å². The van der Waals surface area contributed by atoms with Gasteiger partial charge in [0.15, 0.2) is 0 Å². The van der Waals surface area contributed by atoms with Crippen molar-refractivity contribution in [1.29, 1.82) is 0 Å². The fraction of sp³-hybridized carbons (Fsp3) is 0.250. The maximum absolute atomic E-state index is 9.40. The predicted molar refractivity (Wildman–Crippen MR) is 81.4 cm³/mol. The molecule has 2 aromatic rings. The van der Waals surface area contributed by atoms with Gasteiger partial charge in [-0.2, -0.15) is 0 Å². The van der Waals surface area contributed by atoms with Gasteiger partial charge in [0.1, 0.15) is 11.5 Å². The molecule has 1 atom stereocenters. The maximum Gasteiger partial charge on any atom is 0.134 e. The smallest absolute Gasteiger partial charge is 0.134 e. The lowest BCUT2D eigenvalue weighted by Gasteiger charge is -2.17. The molecule has 2 aromatic carbocycles. The van der Waals surface area contributed by atoms with Crippen LogP contribution in [0.5, 0.6) is 11.5 Å². The highest BCUT2D eigenvalue weighted by Gasteiger charge is 2.10. The van der Waals surface area contributed by atoms with E-state index in [4.69, 9.17) is 16.3 Å². The van der Waals surface area contributed by atoms with Gasteiger partial charge in [0.25, 0.3) is 0 Å². The summed E-state index contributed by atoms with van der Waals surface area (Å²) < 4.78 is 5.36. The number of phenolic OH excluding ortho intramolecular Hbond substituents is 1. The minimum atomic E-state index is 0.105. The summed E-state index contributed by atoms with van der Waals surface area (Å²) in [6.45, 7) is 2.75. The van der Waals surface area contributed by atoms with Crippen LogP contribution in [0.4, 0.5) is 0 Å². The second-order valence-electron chi connectivity index (χ2n) is 4.63. The number of hydrogen-bond acceptors (Lipinski definition) is 3. The first-order chi connectivity index (χ1) is 9.61. The lowest BCUT2D eigenvalue weighted by Crippen LogP contribution is -2.18. The summed E-state index contributed by atoms with van der Waals surface area (Å²) in [7, 11) is 1.67. The number of phenols is 1. The SMILES string of the molecule is COc1ccccc1C(C)NCc1ccc(O)c(Cl)c1. The van der Waals surface area contributed by atoms with Gasteiger partial charge in [-0.1, -0.05) is 35.9 Å². The van der Waals surface area contributed by atoms with E-state index in [-0.39, 0.29) is 11.8 Å². The fourth-order valence-electron chi connectivity index (χ4n) is 2.07. The van der Waals surface area contributed by atoms with Crippen LogP contribution in [0.3, 0.4) is 0 Å². The number of ether oxygens (including phenoxy) is 1. The van der Waals surface area contributed by atoms with Gasteiger partial charge in [0.05, 0.1) is 12.1 Å². The van der Waals surface area contributed by atoms with E-state index in [1.54, 1.807) is 19.2 Å². The van der Waals surface area contributed by atoms with Crippen molar-refractivity contribution in [3.8, 4) is 11.5 Å². The van der Waals surface area contributed by atoms with Gasteiger partial charge in [0, 0.05) is 18.2 Å². The summed E-state index contributed by atoms with van der Waals surface area (Å²) in [4.78, 5) is 0. The minimum absolute atomic E-state index is 0.105. The van der Waals surface area contributed by atoms with Crippen molar-refractivity contribution in [2.24, 2.45) is 0 Å². The van der Waals surface area contributed by atoms with Crippen LogP contribution in [0.1, 0.15) is 24.1 Å². The molecule has 0 bridgehead atoms. The number of hydrogen-bond donors (Lipinski definition) is 2. The number of para-hydroxylation sites is 1. The zero-order valence-corrected chi connectivity index (χ0v) is 12.3. The van der Waals surface area contributed by atoms with Gasteiger partial charge in [-0.05, 0) is 30.7 Å². The van der Waals surface area contributed by atoms with Gasteiger partial charge >= 0.3 is 0 Å². The summed E-state index contributed by atoms with van der Waals surface area (Å²) >= 11 is 5.90. The third-order valence-electron chi connectivity index (χ3n) is 3.23. The van der Waals surface area contributed by atoms with Crippen LogP contribution in [-0.4, -0.2) is 12.2 Å². The van der Waals surface area contributed by atoms with Crippen molar-refractivity contribution in [3.63, 3.8) is 0 Å². The van der Waals surface area contributed by atoms with E-state index in [1.807, 2.05) is 30.3 Å².